The molecular weight excluding hydrogens is 391 g/mol. The van der Waals surface area contributed by atoms with Gasteiger partial charge in [-0.3, -0.25) is 0 Å². The topological polar surface area (TPSA) is 47.6 Å². The van der Waals surface area contributed by atoms with Crippen LogP contribution in [0.4, 0.5) is 21.9 Å². The fourth-order valence-corrected chi connectivity index (χ4v) is 6.26. The van der Waals surface area contributed by atoms with Crippen LogP contribution in [0.2, 0.25) is 0 Å². The molecule has 0 atom stereocenters. The number of amides is 2. The highest BCUT2D eigenvalue weighted by Crippen LogP contribution is 2.53. The lowest BCUT2D eigenvalue weighted by Crippen LogP contribution is -2.30. The molecule has 1 saturated heterocycles. The van der Waals surface area contributed by atoms with Gasteiger partial charge in [0.15, 0.2) is 0 Å². The van der Waals surface area contributed by atoms with Crippen molar-refractivity contribution in [2.45, 2.75) is 6.42 Å². The quantitative estimate of drug-likeness (QED) is 0.391. The average Bonchev–Trinajstić information content (AvgIpc) is 3.22. The first-order valence-corrected chi connectivity index (χ1v) is 11.8. The molecule has 0 bridgehead atoms. The van der Waals surface area contributed by atoms with E-state index in [2.05, 4.69) is 80.6 Å². The summed E-state index contributed by atoms with van der Waals surface area (Å²) in [6, 6.07) is 30.7. The molecule has 0 saturated carbocycles. The predicted octanol–water partition coefficient (Wildman–Crippen LogP) is 5.54. The van der Waals surface area contributed by atoms with Gasteiger partial charge in [-0.1, -0.05) is 54.6 Å². The summed E-state index contributed by atoms with van der Waals surface area (Å²) in [7, 11) is -0.509. The van der Waals surface area contributed by atoms with E-state index < -0.39 is 8.22 Å². The average molecular weight is 418 g/mol. The van der Waals surface area contributed by atoms with E-state index in [1.807, 2.05) is 30.3 Å². The summed E-state index contributed by atoms with van der Waals surface area (Å²) in [5.41, 5.74) is 3.36. The maximum absolute atomic E-state index is 12.1. The fraction of sp³-hybridized carbons (Fsp3) is 0.208. The van der Waals surface area contributed by atoms with Gasteiger partial charge in [-0.25, -0.2) is 4.79 Å². The lowest BCUT2D eigenvalue weighted by Gasteiger charge is -2.32. The minimum Gasteiger partial charge on any atom is -0.338 e. The summed E-state index contributed by atoms with van der Waals surface area (Å²) in [5.74, 6) is 0. The maximum Gasteiger partial charge on any atom is 0.319 e. The van der Waals surface area contributed by atoms with Crippen molar-refractivity contribution < 1.29 is 4.79 Å². The molecule has 0 aromatic heterocycles. The standard InChI is InChI=1S/C24H27N4OP/c29-24(26-21-11-4-1-5-12-21)25-17-10-20-30-27(22-13-6-2-7-14-22)18-19-28(30)23-15-8-3-9-16-23/h1-9,11-16H,10,17-20H2,(H2,25,26,29). The van der Waals surface area contributed by atoms with E-state index in [1.54, 1.807) is 0 Å². The van der Waals surface area contributed by atoms with Gasteiger partial charge in [0.1, 0.15) is 0 Å². The molecular formula is C24H27N4OP. The third-order valence-electron chi connectivity index (χ3n) is 5.04. The number of hydrogen-bond acceptors (Lipinski definition) is 3. The summed E-state index contributed by atoms with van der Waals surface area (Å²) in [6.45, 7) is 2.70. The van der Waals surface area contributed by atoms with Crippen molar-refractivity contribution in [3.8, 4) is 0 Å². The van der Waals surface area contributed by atoms with Crippen LogP contribution < -0.4 is 20.0 Å². The second kappa shape index (κ2) is 10.1. The fourth-order valence-electron chi connectivity index (χ4n) is 3.64. The Kier molecular flexibility index (Phi) is 6.83. The zero-order chi connectivity index (χ0) is 20.6. The van der Waals surface area contributed by atoms with Gasteiger partial charge in [0, 0.05) is 42.9 Å². The van der Waals surface area contributed by atoms with Crippen molar-refractivity contribution >= 4 is 31.3 Å². The Balaban J connectivity index is 1.36. The van der Waals surface area contributed by atoms with Crippen molar-refractivity contribution in [3.63, 3.8) is 0 Å². The molecule has 1 aliphatic heterocycles. The van der Waals surface area contributed by atoms with E-state index in [1.165, 1.54) is 11.4 Å². The van der Waals surface area contributed by atoms with Gasteiger partial charge in [0.2, 0.25) is 0 Å². The normalized spacial score (nSPS) is 14.0. The Morgan fingerprint density at radius 1 is 0.767 bits per heavy atom. The lowest BCUT2D eigenvalue weighted by atomic mass is 10.3. The summed E-state index contributed by atoms with van der Waals surface area (Å²) in [4.78, 5) is 12.1. The van der Waals surface area contributed by atoms with Crippen molar-refractivity contribution in [3.05, 3.63) is 91.0 Å². The number of nitrogens with zero attached hydrogens (tertiary/aromatic N) is 2. The number of carbonyl (C=O) groups is 1. The van der Waals surface area contributed by atoms with Crippen LogP contribution in [-0.2, 0) is 0 Å². The molecule has 2 amide bonds. The number of carbonyl (C=O) groups excluding carboxylic acids is 1. The molecule has 2 N–H and O–H groups in total. The van der Waals surface area contributed by atoms with Crippen molar-refractivity contribution in [2.75, 3.05) is 40.5 Å². The van der Waals surface area contributed by atoms with Crippen LogP contribution in [0.25, 0.3) is 0 Å². The molecule has 6 heteroatoms. The third-order valence-corrected chi connectivity index (χ3v) is 7.73. The molecule has 5 nitrogen and oxygen atoms in total. The number of hydrogen-bond donors (Lipinski definition) is 2. The molecule has 4 rings (SSSR count). The Hall–Kier alpha value is -3.04. The van der Waals surface area contributed by atoms with Crippen LogP contribution in [0.1, 0.15) is 6.42 Å². The Morgan fingerprint density at radius 2 is 1.27 bits per heavy atom. The van der Waals surface area contributed by atoms with Gasteiger partial charge in [0.25, 0.3) is 0 Å². The van der Waals surface area contributed by atoms with E-state index in [9.17, 15) is 4.79 Å². The molecule has 0 unspecified atom stereocenters. The van der Waals surface area contributed by atoms with Crippen LogP contribution in [0, 0.1) is 0 Å². The van der Waals surface area contributed by atoms with Gasteiger partial charge in [-0.05, 0) is 42.8 Å². The molecule has 0 aliphatic carbocycles. The van der Waals surface area contributed by atoms with Crippen LogP contribution in [-0.4, -0.2) is 31.8 Å². The van der Waals surface area contributed by atoms with E-state index in [4.69, 9.17) is 0 Å². The monoisotopic (exact) mass is 418 g/mol. The summed E-state index contributed by atoms with van der Waals surface area (Å²) in [6.07, 6.45) is 1.96. The summed E-state index contributed by atoms with van der Waals surface area (Å²) < 4.78 is 5.07. The highest BCUT2D eigenvalue weighted by molar-refractivity contribution is 7.61. The van der Waals surface area contributed by atoms with Crippen LogP contribution >= 0.6 is 8.22 Å². The van der Waals surface area contributed by atoms with Crippen LogP contribution in [0.15, 0.2) is 91.0 Å². The molecule has 30 heavy (non-hydrogen) atoms. The van der Waals surface area contributed by atoms with Crippen molar-refractivity contribution in [2.24, 2.45) is 0 Å². The molecule has 3 aromatic rings. The molecule has 3 aromatic carbocycles. The molecule has 1 aliphatic rings. The van der Waals surface area contributed by atoms with Crippen LogP contribution in [0.3, 0.4) is 0 Å². The summed E-state index contributed by atoms with van der Waals surface area (Å²) >= 11 is 0. The van der Waals surface area contributed by atoms with Gasteiger partial charge in [0.05, 0.1) is 8.22 Å². The Bertz CT molecular complexity index is 876. The number of benzene rings is 3. The van der Waals surface area contributed by atoms with E-state index in [-0.39, 0.29) is 6.03 Å². The first-order chi connectivity index (χ1) is 14.8. The summed E-state index contributed by atoms with van der Waals surface area (Å²) in [5, 5.41) is 5.86. The second-order valence-corrected chi connectivity index (χ2v) is 9.27. The zero-order valence-corrected chi connectivity index (χ0v) is 17.8. The largest absolute Gasteiger partial charge is 0.338 e. The molecule has 0 spiro atoms. The highest BCUT2D eigenvalue weighted by atomic mass is 31.1. The smallest absolute Gasteiger partial charge is 0.319 e. The maximum atomic E-state index is 12.1. The molecule has 1 heterocycles. The second-order valence-electron chi connectivity index (χ2n) is 7.11. The molecule has 154 valence electrons. The van der Waals surface area contributed by atoms with E-state index in [0.29, 0.717) is 6.54 Å². The SMILES string of the molecule is O=C(NCCCP1N(c2ccccc2)CCN1c1ccccc1)Nc1ccccc1. The van der Waals surface area contributed by atoms with Gasteiger partial charge >= 0.3 is 6.03 Å². The van der Waals surface area contributed by atoms with E-state index >= 15 is 0 Å². The van der Waals surface area contributed by atoms with Crippen molar-refractivity contribution in [1.82, 2.24) is 5.32 Å². The number of para-hydroxylation sites is 3. The number of anilines is 3. The van der Waals surface area contributed by atoms with Crippen LogP contribution in [0.5, 0.6) is 0 Å². The molecule has 0 radical (unpaired) electrons. The number of nitrogens with one attached hydrogen (secondary N) is 2. The van der Waals surface area contributed by atoms with Gasteiger partial charge in [-0.2, -0.15) is 0 Å². The highest BCUT2D eigenvalue weighted by Gasteiger charge is 2.32. The Labute approximate surface area is 179 Å². The zero-order valence-electron chi connectivity index (χ0n) is 16.9. The van der Waals surface area contributed by atoms with Gasteiger partial charge < -0.3 is 20.0 Å². The molecule has 1 fully saturated rings. The van der Waals surface area contributed by atoms with Gasteiger partial charge in [-0.15, -0.1) is 0 Å². The minimum atomic E-state index is -0.509. The first kappa shape index (κ1) is 20.2. The van der Waals surface area contributed by atoms with Crippen molar-refractivity contribution in [1.29, 1.82) is 0 Å². The third kappa shape index (κ3) is 5.11. The number of urea groups is 1. The Morgan fingerprint density at radius 3 is 1.80 bits per heavy atom. The minimum absolute atomic E-state index is 0.153. The predicted molar refractivity (Wildman–Crippen MR) is 127 cm³/mol. The first-order valence-electron chi connectivity index (χ1n) is 10.3. The van der Waals surface area contributed by atoms with E-state index in [0.717, 1.165) is 31.4 Å². The lowest BCUT2D eigenvalue weighted by molar-refractivity contribution is 0.252. The number of rotatable bonds is 7.